The van der Waals surface area contributed by atoms with Crippen LogP contribution < -0.4 is 5.32 Å². The highest BCUT2D eigenvalue weighted by molar-refractivity contribution is 8.00. The van der Waals surface area contributed by atoms with Gasteiger partial charge in [0.1, 0.15) is 23.7 Å². The molecule has 1 heterocycles. The molecule has 2 rings (SSSR count). The summed E-state index contributed by atoms with van der Waals surface area (Å²) in [5.41, 5.74) is -1.06. The van der Waals surface area contributed by atoms with Crippen LogP contribution in [0.3, 0.4) is 0 Å². The van der Waals surface area contributed by atoms with Crippen LogP contribution in [-0.2, 0) is 9.53 Å². The molecule has 1 saturated heterocycles. The molecule has 1 amide bonds. The van der Waals surface area contributed by atoms with Crippen LogP contribution in [0.25, 0.3) is 0 Å². The molecule has 9 nitrogen and oxygen atoms in total. The Kier molecular flexibility index (Phi) is 6.60. The predicted octanol–water partition coefficient (Wildman–Crippen LogP) is 0.284. The van der Waals surface area contributed by atoms with Crippen LogP contribution in [0.5, 0.6) is 0 Å². The fraction of sp³-hybridized carbons (Fsp3) is 0.500. The van der Waals surface area contributed by atoms with Gasteiger partial charge in [-0.15, -0.1) is 0 Å². The fourth-order valence-electron chi connectivity index (χ4n) is 2.40. The number of nitro benzene ring substituents is 1. The lowest BCUT2D eigenvalue weighted by Gasteiger charge is -2.42. The van der Waals surface area contributed by atoms with Crippen molar-refractivity contribution in [1.82, 2.24) is 5.32 Å². The number of rotatable bonds is 5. The number of carbonyl (C=O) groups excluding carboxylic acids is 1. The summed E-state index contributed by atoms with van der Waals surface area (Å²) in [4.78, 5) is 22.0. The maximum atomic E-state index is 11.4. The van der Waals surface area contributed by atoms with E-state index in [-0.39, 0.29) is 10.7 Å². The summed E-state index contributed by atoms with van der Waals surface area (Å²) in [7, 11) is 0. The number of aliphatic hydroxyl groups is 3. The Morgan fingerprint density at radius 3 is 2.64 bits per heavy atom. The summed E-state index contributed by atoms with van der Waals surface area (Å²) in [6.45, 7) is 0.716. The number of hydrogen-bond donors (Lipinski definition) is 4. The van der Waals surface area contributed by atoms with Crippen molar-refractivity contribution in [3.05, 3.63) is 33.3 Å². The van der Waals surface area contributed by atoms with Crippen molar-refractivity contribution in [3.63, 3.8) is 0 Å². The quantitative estimate of drug-likeness (QED) is 0.413. The van der Waals surface area contributed by atoms with Crippen molar-refractivity contribution in [2.45, 2.75) is 41.6 Å². The number of nitrogens with zero attached hydrogens (tertiary/aromatic N) is 1. The van der Waals surface area contributed by atoms with Gasteiger partial charge in [0.25, 0.3) is 5.69 Å². The third kappa shape index (κ3) is 4.60. The van der Waals surface area contributed by atoms with Crippen LogP contribution in [0.4, 0.5) is 5.69 Å². The van der Waals surface area contributed by atoms with Crippen LogP contribution in [0.15, 0.2) is 23.1 Å². The number of nitro groups is 1. The number of carbonyl (C=O) groups is 1. The smallest absolute Gasteiger partial charge is 0.270 e. The zero-order valence-corrected chi connectivity index (χ0v) is 14.6. The monoisotopic (exact) mass is 392 g/mol. The van der Waals surface area contributed by atoms with E-state index in [2.05, 4.69) is 5.32 Å². The number of nitrogens with one attached hydrogen (secondary N) is 1. The Morgan fingerprint density at radius 2 is 2.12 bits per heavy atom. The highest BCUT2D eigenvalue weighted by Crippen LogP contribution is 2.38. The lowest BCUT2D eigenvalue weighted by molar-refractivity contribution is -0.384. The van der Waals surface area contributed by atoms with Gasteiger partial charge in [-0.3, -0.25) is 14.9 Å². The van der Waals surface area contributed by atoms with Gasteiger partial charge in [-0.05, 0) is 6.07 Å². The van der Waals surface area contributed by atoms with E-state index in [0.717, 1.165) is 11.8 Å². The molecule has 0 aliphatic carbocycles. The van der Waals surface area contributed by atoms with Gasteiger partial charge in [0.15, 0.2) is 0 Å². The molecule has 4 unspecified atom stereocenters. The first-order valence-electron chi connectivity index (χ1n) is 7.24. The van der Waals surface area contributed by atoms with Crippen LogP contribution in [0, 0.1) is 10.1 Å². The highest BCUT2D eigenvalue weighted by atomic mass is 35.5. The third-order valence-corrected chi connectivity index (χ3v) is 5.29. The van der Waals surface area contributed by atoms with Crippen molar-refractivity contribution in [2.24, 2.45) is 0 Å². The number of ether oxygens (including phenoxy) is 1. The SMILES string of the molecule is CC(=O)N[C@@H]1C(Sc2ccc([N+](=O)[O-])cc2Cl)OC(CO)C(O)C1O. The van der Waals surface area contributed by atoms with Crippen LogP contribution in [-0.4, -0.2) is 62.5 Å². The summed E-state index contributed by atoms with van der Waals surface area (Å²) in [5, 5.41) is 42.8. The van der Waals surface area contributed by atoms with Crippen molar-refractivity contribution in [1.29, 1.82) is 0 Å². The van der Waals surface area contributed by atoms with Crippen molar-refractivity contribution in [2.75, 3.05) is 6.61 Å². The summed E-state index contributed by atoms with van der Waals surface area (Å²) < 4.78 is 5.56. The van der Waals surface area contributed by atoms with E-state index in [1.165, 1.54) is 25.1 Å². The first kappa shape index (κ1) is 19.9. The second-order valence-electron chi connectivity index (χ2n) is 5.42. The number of hydrogen-bond acceptors (Lipinski definition) is 8. The maximum Gasteiger partial charge on any atom is 0.270 e. The molecule has 5 atom stereocenters. The summed E-state index contributed by atoms with van der Waals surface area (Å²) in [5.74, 6) is -0.442. The minimum atomic E-state index is -1.38. The van der Waals surface area contributed by atoms with Crippen LogP contribution in [0.2, 0.25) is 5.02 Å². The van der Waals surface area contributed by atoms with E-state index < -0.39 is 47.2 Å². The van der Waals surface area contributed by atoms with Gasteiger partial charge in [-0.2, -0.15) is 0 Å². The Balaban J connectivity index is 2.26. The average Bonchev–Trinajstić information content (AvgIpc) is 2.55. The van der Waals surface area contributed by atoms with Crippen LogP contribution >= 0.6 is 23.4 Å². The Labute approximate surface area is 152 Å². The molecule has 0 bridgehead atoms. The van der Waals surface area contributed by atoms with E-state index in [1.807, 2.05) is 0 Å². The van der Waals surface area contributed by atoms with Gasteiger partial charge < -0.3 is 25.4 Å². The molecule has 0 spiro atoms. The van der Waals surface area contributed by atoms with E-state index in [0.29, 0.717) is 4.90 Å². The summed E-state index contributed by atoms with van der Waals surface area (Å²) in [6, 6.07) is 2.89. The van der Waals surface area contributed by atoms with E-state index in [9.17, 15) is 30.2 Å². The molecule has 138 valence electrons. The normalized spacial score (nSPS) is 29.2. The number of amides is 1. The lowest BCUT2D eigenvalue weighted by Crippen LogP contribution is -2.63. The van der Waals surface area contributed by atoms with Gasteiger partial charge in [0.2, 0.25) is 5.91 Å². The number of halogens is 1. The molecular formula is C14H17ClN2O7S. The molecule has 1 aromatic carbocycles. The fourth-order valence-corrected chi connectivity index (χ4v) is 3.85. The molecule has 4 N–H and O–H groups in total. The molecule has 0 radical (unpaired) electrons. The molecule has 0 saturated carbocycles. The van der Waals surface area contributed by atoms with Gasteiger partial charge >= 0.3 is 0 Å². The summed E-state index contributed by atoms with van der Waals surface area (Å²) in [6.07, 6.45) is -3.80. The average molecular weight is 393 g/mol. The van der Waals surface area contributed by atoms with Crippen molar-refractivity contribution in [3.8, 4) is 0 Å². The van der Waals surface area contributed by atoms with E-state index in [4.69, 9.17) is 16.3 Å². The molecule has 1 fully saturated rings. The summed E-state index contributed by atoms with van der Waals surface area (Å²) >= 11 is 7.06. The van der Waals surface area contributed by atoms with Gasteiger partial charge in [0.05, 0.1) is 22.6 Å². The largest absolute Gasteiger partial charge is 0.394 e. The van der Waals surface area contributed by atoms with Crippen LogP contribution in [0.1, 0.15) is 6.92 Å². The van der Waals surface area contributed by atoms with Crippen molar-refractivity contribution >= 4 is 35.0 Å². The van der Waals surface area contributed by atoms with Gasteiger partial charge in [-0.25, -0.2) is 0 Å². The minimum Gasteiger partial charge on any atom is -0.394 e. The first-order valence-corrected chi connectivity index (χ1v) is 8.50. The number of benzene rings is 1. The number of aliphatic hydroxyl groups excluding tert-OH is 3. The molecule has 1 aromatic rings. The zero-order valence-electron chi connectivity index (χ0n) is 13.0. The number of non-ortho nitro benzene ring substituents is 1. The standard InChI is InChI=1S/C14H17ClN2O7S/c1-6(19)16-11-13(21)12(20)9(5-18)24-14(11)25-10-3-2-7(17(22)23)4-8(10)15/h2-4,9,11-14,18,20-21H,5H2,1H3,(H,16,19)/t9?,11-,12?,13?,14?/m0/s1. The van der Waals surface area contributed by atoms with E-state index in [1.54, 1.807) is 0 Å². The van der Waals surface area contributed by atoms with Crippen molar-refractivity contribution < 1.29 is 29.8 Å². The lowest BCUT2D eigenvalue weighted by atomic mass is 9.98. The predicted molar refractivity (Wildman–Crippen MR) is 89.3 cm³/mol. The Morgan fingerprint density at radius 1 is 1.44 bits per heavy atom. The molecule has 11 heteroatoms. The maximum absolute atomic E-state index is 11.4. The number of thioether (sulfide) groups is 1. The zero-order chi connectivity index (χ0) is 18.7. The van der Waals surface area contributed by atoms with Gasteiger partial charge in [0, 0.05) is 24.0 Å². The molecule has 25 heavy (non-hydrogen) atoms. The molecule has 1 aliphatic heterocycles. The molecule has 1 aliphatic rings. The van der Waals surface area contributed by atoms with Gasteiger partial charge in [-0.1, -0.05) is 23.4 Å². The molecule has 0 aromatic heterocycles. The highest BCUT2D eigenvalue weighted by Gasteiger charge is 2.45. The first-order chi connectivity index (χ1) is 11.7. The Bertz CT molecular complexity index is 662. The Hall–Kier alpha value is -1.43. The van der Waals surface area contributed by atoms with E-state index >= 15 is 0 Å². The topological polar surface area (TPSA) is 142 Å². The second-order valence-corrected chi connectivity index (χ2v) is 6.97. The second kappa shape index (κ2) is 8.30. The minimum absolute atomic E-state index is 0.102. The molecular weight excluding hydrogens is 376 g/mol. The third-order valence-electron chi connectivity index (χ3n) is 3.62.